The van der Waals surface area contributed by atoms with E-state index >= 15 is 0 Å². The van der Waals surface area contributed by atoms with Crippen LogP contribution in [-0.2, 0) is 35.0 Å². The first-order valence-electron chi connectivity index (χ1n) is 18.3. The molecule has 47 heavy (non-hydrogen) atoms. The quantitative estimate of drug-likeness (QED) is 0.232. The van der Waals surface area contributed by atoms with Crippen molar-refractivity contribution in [2.75, 3.05) is 31.8 Å². The van der Waals surface area contributed by atoms with E-state index in [1.54, 1.807) is 0 Å². The Morgan fingerprint density at radius 3 is 2.09 bits per heavy atom. The summed E-state index contributed by atoms with van der Waals surface area (Å²) >= 11 is 1.45. The highest BCUT2D eigenvalue weighted by molar-refractivity contribution is 7.14. The summed E-state index contributed by atoms with van der Waals surface area (Å²) in [7, 11) is 1.41. The highest BCUT2D eigenvalue weighted by atomic mass is 32.1. The molecule has 8 nitrogen and oxygen atoms in total. The van der Waals surface area contributed by atoms with Gasteiger partial charge in [0.1, 0.15) is 10.5 Å². The molecule has 1 atom stereocenters. The number of esters is 2. The molecule has 1 saturated heterocycles. The molecule has 0 aromatic carbocycles. The highest BCUT2D eigenvalue weighted by Gasteiger charge is 2.45. The van der Waals surface area contributed by atoms with Crippen molar-refractivity contribution >= 4 is 34.9 Å². The predicted molar refractivity (Wildman–Crippen MR) is 185 cm³/mol. The molecule has 4 fully saturated rings. The van der Waals surface area contributed by atoms with Gasteiger partial charge in [-0.2, -0.15) is 0 Å². The Labute approximate surface area is 286 Å². The largest absolute Gasteiger partial charge is 0.465 e. The molecule has 264 valence electrons. The van der Waals surface area contributed by atoms with Gasteiger partial charge in [0.05, 0.1) is 38.0 Å². The molecule has 2 heterocycles. The number of rotatable bonds is 10. The topological polar surface area (TPSA) is 91.4 Å². The van der Waals surface area contributed by atoms with Crippen LogP contribution in [-0.4, -0.2) is 62.5 Å². The van der Waals surface area contributed by atoms with Gasteiger partial charge in [-0.25, -0.2) is 4.79 Å². The molecule has 1 amide bonds. The zero-order valence-electron chi connectivity index (χ0n) is 29.8. The number of hydrogen-bond acceptors (Lipinski definition) is 8. The first-order chi connectivity index (χ1) is 22.4. The fourth-order valence-corrected chi connectivity index (χ4v) is 9.39. The van der Waals surface area contributed by atoms with Crippen molar-refractivity contribution in [3.05, 3.63) is 15.8 Å². The second-order valence-corrected chi connectivity index (χ2v) is 17.5. The van der Waals surface area contributed by atoms with Crippen LogP contribution in [0.3, 0.4) is 0 Å². The summed E-state index contributed by atoms with van der Waals surface area (Å²) in [6.45, 7) is 12.7. The zero-order valence-corrected chi connectivity index (χ0v) is 30.6. The Morgan fingerprint density at radius 2 is 1.53 bits per heavy atom. The van der Waals surface area contributed by atoms with Gasteiger partial charge in [0, 0.05) is 23.4 Å². The van der Waals surface area contributed by atoms with Gasteiger partial charge in [0.25, 0.3) is 0 Å². The molecule has 3 saturated carbocycles. The van der Waals surface area contributed by atoms with E-state index in [9.17, 15) is 14.4 Å². The van der Waals surface area contributed by atoms with Crippen molar-refractivity contribution in [2.45, 2.75) is 142 Å². The molecular weight excluding hydrogens is 614 g/mol. The van der Waals surface area contributed by atoms with Crippen molar-refractivity contribution in [1.82, 2.24) is 0 Å². The number of anilines is 1. The van der Waals surface area contributed by atoms with Crippen LogP contribution in [0.4, 0.5) is 5.69 Å². The van der Waals surface area contributed by atoms with Crippen LogP contribution in [0.15, 0.2) is 6.07 Å². The average Bonchev–Trinajstić information content (AvgIpc) is 3.71. The highest BCUT2D eigenvalue weighted by Crippen LogP contribution is 2.43. The Bertz CT molecular complexity index is 1210. The molecule has 1 aliphatic heterocycles. The maximum atomic E-state index is 14.6. The van der Waals surface area contributed by atoms with Crippen LogP contribution in [0.2, 0.25) is 0 Å². The minimum absolute atomic E-state index is 0.0141. The molecule has 5 rings (SSSR count). The molecule has 1 aromatic rings. The Kier molecular flexibility index (Phi) is 12.1. The van der Waals surface area contributed by atoms with Crippen molar-refractivity contribution in [3.8, 4) is 0 Å². The van der Waals surface area contributed by atoms with Crippen LogP contribution >= 0.6 is 11.3 Å². The van der Waals surface area contributed by atoms with E-state index in [-0.39, 0.29) is 41.3 Å². The molecule has 0 N–H and O–H groups in total. The minimum atomic E-state index is -0.731. The van der Waals surface area contributed by atoms with Gasteiger partial charge >= 0.3 is 11.9 Å². The Hall–Kier alpha value is -1.97. The summed E-state index contributed by atoms with van der Waals surface area (Å²) in [6.07, 6.45) is 11.9. The first-order valence-corrected chi connectivity index (χ1v) is 19.1. The standard InChI is InChI=1S/C38H59NO7S/c1-25-7-11-27(12-8-25)34(40)39(32-21-31(22-37(3,4)5)47-33(32)36(42)43-6)29-15-18-38(19-16-29,24-45-30-17-20-44-23-30)46-35(41)28-13-9-26(2)10-14-28/h21,25-30H,7-20,22-24H2,1-6H3/t25?,26?,27?,28?,29?,30-,38?/m0/s1. The number of hydrogen-bond donors (Lipinski definition) is 0. The summed E-state index contributed by atoms with van der Waals surface area (Å²) in [5, 5.41) is 0. The van der Waals surface area contributed by atoms with Crippen molar-refractivity contribution < 1.29 is 33.3 Å². The van der Waals surface area contributed by atoms with E-state index in [0.717, 1.165) is 69.1 Å². The lowest BCUT2D eigenvalue weighted by Crippen LogP contribution is -2.52. The lowest BCUT2D eigenvalue weighted by atomic mass is 9.79. The molecule has 0 radical (unpaired) electrons. The third-order valence-electron chi connectivity index (χ3n) is 11.1. The van der Waals surface area contributed by atoms with E-state index in [0.29, 0.717) is 67.9 Å². The van der Waals surface area contributed by atoms with Gasteiger partial charge in [-0.3, -0.25) is 9.59 Å². The number of amides is 1. The number of ether oxygens (including phenoxy) is 4. The van der Waals surface area contributed by atoms with Gasteiger partial charge in [0.15, 0.2) is 0 Å². The summed E-state index contributed by atoms with van der Waals surface area (Å²) in [5.41, 5.74) is -0.0143. The van der Waals surface area contributed by atoms with Crippen LogP contribution in [0.5, 0.6) is 0 Å². The second-order valence-electron chi connectivity index (χ2n) is 16.4. The molecule has 0 spiro atoms. The third kappa shape index (κ3) is 9.39. The first kappa shape index (κ1) is 36.3. The fraction of sp³-hybridized carbons (Fsp3) is 0.816. The second kappa shape index (κ2) is 15.7. The van der Waals surface area contributed by atoms with E-state index < -0.39 is 11.6 Å². The summed E-state index contributed by atoms with van der Waals surface area (Å²) in [5.74, 6) is 0.786. The number of methoxy groups -OCH3 is 1. The SMILES string of the molecule is COC(=O)c1sc(CC(C)(C)C)cc1N(C(=O)C1CCC(C)CC1)C1CCC(CO[C@H]2CCOC2)(OC(=O)C2CCC(C)CC2)CC1. The van der Waals surface area contributed by atoms with Crippen LogP contribution in [0.25, 0.3) is 0 Å². The number of nitrogens with zero attached hydrogens (tertiary/aromatic N) is 1. The normalized spacial score (nSPS) is 31.7. The fourth-order valence-electron chi connectivity index (χ4n) is 8.03. The minimum Gasteiger partial charge on any atom is -0.465 e. The number of carbonyl (C=O) groups is 3. The summed E-state index contributed by atoms with van der Waals surface area (Å²) < 4.78 is 23.7. The van der Waals surface area contributed by atoms with Crippen molar-refractivity contribution in [3.63, 3.8) is 0 Å². The van der Waals surface area contributed by atoms with E-state index in [1.807, 2.05) is 4.90 Å². The van der Waals surface area contributed by atoms with Gasteiger partial charge in [-0.1, -0.05) is 34.6 Å². The van der Waals surface area contributed by atoms with Gasteiger partial charge in [0.2, 0.25) is 5.91 Å². The van der Waals surface area contributed by atoms with E-state index in [4.69, 9.17) is 18.9 Å². The van der Waals surface area contributed by atoms with E-state index in [2.05, 4.69) is 40.7 Å². The third-order valence-corrected chi connectivity index (χ3v) is 12.2. The molecule has 4 aliphatic rings. The summed E-state index contributed by atoms with van der Waals surface area (Å²) in [4.78, 5) is 45.0. The van der Waals surface area contributed by atoms with Gasteiger partial charge in [-0.05, 0) is 113 Å². The Morgan fingerprint density at radius 1 is 0.915 bits per heavy atom. The monoisotopic (exact) mass is 673 g/mol. The van der Waals surface area contributed by atoms with E-state index in [1.165, 1.54) is 18.4 Å². The molecule has 3 aliphatic carbocycles. The molecule has 1 aromatic heterocycles. The van der Waals surface area contributed by atoms with Crippen LogP contribution in [0, 0.1) is 29.1 Å². The lowest BCUT2D eigenvalue weighted by Gasteiger charge is -2.44. The van der Waals surface area contributed by atoms with Crippen LogP contribution in [0.1, 0.15) is 133 Å². The predicted octanol–water partition coefficient (Wildman–Crippen LogP) is 8.14. The molecular formula is C38H59NO7S. The van der Waals surface area contributed by atoms with Crippen LogP contribution < -0.4 is 4.90 Å². The maximum absolute atomic E-state index is 14.6. The Balaban J connectivity index is 1.41. The lowest BCUT2D eigenvalue weighted by molar-refractivity contribution is -0.181. The number of carbonyl (C=O) groups excluding carboxylic acids is 3. The van der Waals surface area contributed by atoms with Crippen molar-refractivity contribution in [1.29, 1.82) is 0 Å². The smallest absolute Gasteiger partial charge is 0.350 e. The van der Waals surface area contributed by atoms with Crippen molar-refractivity contribution in [2.24, 2.45) is 29.1 Å². The number of thiophene rings is 1. The molecule has 0 unspecified atom stereocenters. The van der Waals surface area contributed by atoms with Gasteiger partial charge < -0.3 is 23.8 Å². The average molecular weight is 674 g/mol. The van der Waals surface area contributed by atoms with Gasteiger partial charge in [-0.15, -0.1) is 11.3 Å². The maximum Gasteiger partial charge on any atom is 0.350 e. The molecule has 0 bridgehead atoms. The summed E-state index contributed by atoms with van der Waals surface area (Å²) in [6, 6.07) is 1.96. The zero-order chi connectivity index (χ0) is 33.8. The molecule has 9 heteroatoms.